The highest BCUT2D eigenvalue weighted by atomic mass is 16.7. The van der Waals surface area contributed by atoms with Crippen molar-refractivity contribution in [2.75, 3.05) is 6.61 Å². The zero-order valence-electron chi connectivity index (χ0n) is 11.8. The Morgan fingerprint density at radius 2 is 1.48 bits per heavy atom. The molecular weight excluding hydrogens is 288 g/mol. The van der Waals surface area contributed by atoms with E-state index in [9.17, 15) is 24.6 Å². The van der Waals surface area contributed by atoms with E-state index in [1.165, 1.54) is 0 Å². The van der Waals surface area contributed by atoms with Gasteiger partial charge in [0, 0.05) is 20.8 Å². The molecule has 2 N–H and O–H groups in total. The summed E-state index contributed by atoms with van der Waals surface area (Å²) in [5.74, 6) is -2.09. The Kier molecular flexibility index (Phi) is 6.06. The summed E-state index contributed by atoms with van der Waals surface area (Å²) in [6.45, 7) is 3.00. The number of hydrogen-bond donors (Lipinski definition) is 2. The molecule has 0 aromatic rings. The first kappa shape index (κ1) is 17.3. The molecule has 0 radical (unpaired) electrons. The normalized spacial score (nSPS) is 32.1. The van der Waals surface area contributed by atoms with Gasteiger partial charge in [-0.05, 0) is 0 Å². The maximum Gasteiger partial charge on any atom is 0.303 e. The minimum atomic E-state index is -1.64. The first-order valence-electron chi connectivity index (χ1n) is 6.21. The third-order valence-corrected chi connectivity index (χ3v) is 2.69. The van der Waals surface area contributed by atoms with Crippen molar-refractivity contribution in [1.82, 2.24) is 0 Å². The minimum Gasteiger partial charge on any atom is -0.463 e. The molecule has 1 aliphatic rings. The molecule has 21 heavy (non-hydrogen) atoms. The van der Waals surface area contributed by atoms with Crippen LogP contribution in [0.25, 0.3) is 0 Å². The van der Waals surface area contributed by atoms with Crippen LogP contribution in [0.1, 0.15) is 20.8 Å². The number of ether oxygens (including phenoxy) is 4. The smallest absolute Gasteiger partial charge is 0.303 e. The molecule has 1 heterocycles. The maximum atomic E-state index is 11.1. The second kappa shape index (κ2) is 7.34. The highest BCUT2D eigenvalue weighted by molar-refractivity contribution is 5.67. The molecule has 0 unspecified atom stereocenters. The number of hydrogen-bond acceptors (Lipinski definition) is 9. The first-order chi connectivity index (χ1) is 9.72. The second-order valence-electron chi connectivity index (χ2n) is 4.51. The van der Waals surface area contributed by atoms with Gasteiger partial charge in [-0.3, -0.25) is 14.4 Å². The average molecular weight is 306 g/mol. The summed E-state index contributed by atoms with van der Waals surface area (Å²) < 4.78 is 19.4. The highest BCUT2D eigenvalue weighted by Crippen LogP contribution is 2.25. The molecule has 9 nitrogen and oxygen atoms in total. The lowest BCUT2D eigenvalue weighted by Gasteiger charge is -2.41. The van der Waals surface area contributed by atoms with E-state index in [-0.39, 0.29) is 6.61 Å². The number of carbonyl (C=O) groups excluding carboxylic acids is 3. The van der Waals surface area contributed by atoms with Crippen molar-refractivity contribution in [1.29, 1.82) is 0 Å². The van der Waals surface area contributed by atoms with Crippen LogP contribution < -0.4 is 0 Å². The Balaban J connectivity index is 2.87. The average Bonchev–Trinajstić information content (AvgIpc) is 2.35. The molecular formula is C12H18O9. The summed E-state index contributed by atoms with van der Waals surface area (Å²) in [6.07, 6.45) is -6.92. The molecule has 9 heteroatoms. The van der Waals surface area contributed by atoms with Gasteiger partial charge in [0.15, 0.2) is 18.5 Å². The summed E-state index contributed by atoms with van der Waals surface area (Å²) in [5, 5.41) is 19.9. The molecule has 1 saturated heterocycles. The van der Waals surface area contributed by atoms with E-state index in [2.05, 4.69) is 4.74 Å². The van der Waals surface area contributed by atoms with E-state index in [1.807, 2.05) is 0 Å². The lowest BCUT2D eigenvalue weighted by Crippen LogP contribution is -2.61. The number of carbonyl (C=O) groups is 3. The topological polar surface area (TPSA) is 129 Å². The van der Waals surface area contributed by atoms with E-state index in [0.29, 0.717) is 0 Å². The van der Waals surface area contributed by atoms with E-state index in [0.717, 1.165) is 20.8 Å². The van der Waals surface area contributed by atoms with E-state index < -0.39 is 48.6 Å². The van der Waals surface area contributed by atoms with Gasteiger partial charge in [-0.15, -0.1) is 0 Å². The van der Waals surface area contributed by atoms with Gasteiger partial charge in [0.05, 0.1) is 0 Å². The van der Waals surface area contributed by atoms with Crippen LogP contribution in [0.15, 0.2) is 0 Å². The van der Waals surface area contributed by atoms with E-state index in [1.54, 1.807) is 0 Å². The third kappa shape index (κ3) is 4.96. The SMILES string of the molecule is CC(=O)OC[C@@H]1O[C@@H](O)[C@H](OC(C)=O)[C@H](OC(C)=O)[C@H]1O. The van der Waals surface area contributed by atoms with Crippen molar-refractivity contribution in [2.45, 2.75) is 51.5 Å². The largest absolute Gasteiger partial charge is 0.463 e. The Morgan fingerprint density at radius 1 is 0.952 bits per heavy atom. The minimum absolute atomic E-state index is 0.349. The fourth-order valence-corrected chi connectivity index (χ4v) is 1.89. The van der Waals surface area contributed by atoms with Gasteiger partial charge in [0.25, 0.3) is 0 Å². The maximum absolute atomic E-state index is 11.1. The van der Waals surface area contributed by atoms with Crippen LogP contribution in [-0.2, 0) is 33.3 Å². The summed E-state index contributed by atoms with van der Waals surface area (Å²) in [5.41, 5.74) is 0. The van der Waals surface area contributed by atoms with E-state index >= 15 is 0 Å². The predicted molar refractivity (Wildman–Crippen MR) is 64.6 cm³/mol. The zero-order valence-corrected chi connectivity index (χ0v) is 11.8. The number of aliphatic hydroxyl groups is 2. The highest BCUT2D eigenvalue weighted by Gasteiger charge is 2.49. The van der Waals surface area contributed by atoms with Crippen LogP contribution in [-0.4, -0.2) is 65.4 Å². The van der Waals surface area contributed by atoms with Crippen molar-refractivity contribution in [3.8, 4) is 0 Å². The fourth-order valence-electron chi connectivity index (χ4n) is 1.89. The summed E-state index contributed by atoms with van der Waals surface area (Å²) in [6, 6.07) is 0. The molecule has 1 fully saturated rings. The molecule has 0 aromatic carbocycles. The molecule has 0 bridgehead atoms. The molecule has 0 saturated carbocycles. The van der Waals surface area contributed by atoms with Gasteiger partial charge < -0.3 is 29.2 Å². The van der Waals surface area contributed by atoms with Crippen LogP contribution in [0.3, 0.4) is 0 Å². The van der Waals surface area contributed by atoms with Gasteiger partial charge in [0.1, 0.15) is 18.8 Å². The number of esters is 3. The number of aliphatic hydroxyl groups excluding tert-OH is 2. The molecule has 120 valence electrons. The van der Waals surface area contributed by atoms with Crippen molar-refractivity contribution in [2.24, 2.45) is 0 Å². The Bertz CT molecular complexity index is 408. The lowest BCUT2D eigenvalue weighted by molar-refractivity contribution is -0.293. The van der Waals surface area contributed by atoms with E-state index in [4.69, 9.17) is 14.2 Å². The van der Waals surface area contributed by atoms with Crippen molar-refractivity contribution in [3.63, 3.8) is 0 Å². The quantitative estimate of drug-likeness (QED) is 0.470. The lowest BCUT2D eigenvalue weighted by atomic mass is 9.98. The van der Waals surface area contributed by atoms with Gasteiger partial charge in [0.2, 0.25) is 0 Å². The second-order valence-corrected chi connectivity index (χ2v) is 4.51. The van der Waals surface area contributed by atoms with Gasteiger partial charge >= 0.3 is 17.9 Å². The Morgan fingerprint density at radius 3 is 1.95 bits per heavy atom. The molecule has 1 aliphatic heterocycles. The molecule has 1 rings (SSSR count). The molecule has 0 aromatic heterocycles. The van der Waals surface area contributed by atoms with Crippen LogP contribution in [0.2, 0.25) is 0 Å². The van der Waals surface area contributed by atoms with Crippen molar-refractivity contribution < 1.29 is 43.5 Å². The predicted octanol–water partition coefficient (Wildman–Crippen LogP) is -1.51. The van der Waals surface area contributed by atoms with Gasteiger partial charge in [-0.1, -0.05) is 0 Å². The summed E-state index contributed by atoms with van der Waals surface area (Å²) in [7, 11) is 0. The van der Waals surface area contributed by atoms with Crippen LogP contribution in [0.4, 0.5) is 0 Å². The molecule has 0 amide bonds. The van der Waals surface area contributed by atoms with Gasteiger partial charge in [-0.25, -0.2) is 0 Å². The number of rotatable bonds is 4. The Labute approximate surface area is 120 Å². The summed E-state index contributed by atoms with van der Waals surface area (Å²) in [4.78, 5) is 32.9. The monoisotopic (exact) mass is 306 g/mol. The van der Waals surface area contributed by atoms with Crippen molar-refractivity contribution >= 4 is 17.9 Å². The molecule has 5 atom stereocenters. The van der Waals surface area contributed by atoms with Crippen molar-refractivity contribution in [3.05, 3.63) is 0 Å². The molecule has 0 aliphatic carbocycles. The van der Waals surface area contributed by atoms with Crippen LogP contribution in [0, 0.1) is 0 Å². The van der Waals surface area contributed by atoms with Crippen LogP contribution >= 0.6 is 0 Å². The third-order valence-electron chi connectivity index (χ3n) is 2.69. The summed E-state index contributed by atoms with van der Waals surface area (Å²) >= 11 is 0. The first-order valence-corrected chi connectivity index (χ1v) is 6.21. The van der Waals surface area contributed by atoms with Gasteiger partial charge in [-0.2, -0.15) is 0 Å². The molecule has 0 spiro atoms. The Hall–Kier alpha value is -1.71. The van der Waals surface area contributed by atoms with Crippen LogP contribution in [0.5, 0.6) is 0 Å². The fraction of sp³-hybridized carbons (Fsp3) is 0.750. The standard InChI is InChI=1S/C12H18O9/c1-5(13)18-4-8-9(16)10(19-6(2)14)11(12(17)21-8)20-7(3)15/h8-12,16-17H,4H2,1-3H3/t8-,9-,10+,11+,12+/m0/s1. The zero-order chi connectivity index (χ0) is 16.2.